The van der Waals surface area contributed by atoms with Crippen LogP contribution in [0.25, 0.3) is 0 Å². The molecule has 2 rings (SSSR count). The molecule has 1 unspecified atom stereocenters. The third-order valence-corrected chi connectivity index (χ3v) is 5.19. The highest BCUT2D eigenvalue weighted by Crippen LogP contribution is 2.27. The number of unbranched alkanes of at least 4 members (excludes halogenated alkanes) is 1. The van der Waals surface area contributed by atoms with Gasteiger partial charge in [-0.2, -0.15) is 0 Å². The number of methoxy groups -OCH3 is 2. The summed E-state index contributed by atoms with van der Waals surface area (Å²) < 4.78 is 15.9. The van der Waals surface area contributed by atoms with E-state index in [1.807, 2.05) is 13.1 Å². The van der Waals surface area contributed by atoms with Crippen LogP contribution in [-0.2, 0) is 9.47 Å². The predicted molar refractivity (Wildman–Crippen MR) is 133 cm³/mol. The first-order valence-electron chi connectivity index (χ1n) is 10.7. The lowest BCUT2D eigenvalue weighted by Gasteiger charge is -2.29. The van der Waals surface area contributed by atoms with E-state index in [0.29, 0.717) is 19.3 Å². The number of guanidine groups is 1. The molecule has 1 fully saturated rings. The van der Waals surface area contributed by atoms with Gasteiger partial charge in [0.15, 0.2) is 5.96 Å². The van der Waals surface area contributed by atoms with Crippen LogP contribution in [0.3, 0.4) is 0 Å². The van der Waals surface area contributed by atoms with Gasteiger partial charge in [-0.25, -0.2) is 0 Å². The SMILES string of the molecule is CN=C(NCCCCOCCOC)NCC(c1cccc(OC)c1)N1CCCC1.I. The van der Waals surface area contributed by atoms with Crippen LogP contribution in [0.4, 0.5) is 0 Å². The van der Waals surface area contributed by atoms with Gasteiger partial charge in [0.05, 0.1) is 26.4 Å². The van der Waals surface area contributed by atoms with Crippen molar-refractivity contribution in [3.8, 4) is 5.75 Å². The average Bonchev–Trinajstić information content (AvgIpc) is 3.29. The van der Waals surface area contributed by atoms with Crippen LogP contribution < -0.4 is 15.4 Å². The van der Waals surface area contributed by atoms with Crippen molar-refractivity contribution in [3.05, 3.63) is 29.8 Å². The fourth-order valence-corrected chi connectivity index (χ4v) is 3.55. The van der Waals surface area contributed by atoms with E-state index in [2.05, 4.69) is 38.7 Å². The Morgan fingerprint density at radius 1 is 1.10 bits per heavy atom. The first kappa shape index (κ1) is 26.9. The molecule has 1 atom stereocenters. The lowest BCUT2D eigenvalue weighted by molar-refractivity contribution is 0.0689. The molecule has 1 aromatic rings. The summed E-state index contributed by atoms with van der Waals surface area (Å²) in [5, 5.41) is 6.92. The Bertz CT molecular complexity index is 598. The number of hydrogen-bond donors (Lipinski definition) is 2. The van der Waals surface area contributed by atoms with Crippen molar-refractivity contribution < 1.29 is 14.2 Å². The van der Waals surface area contributed by atoms with E-state index < -0.39 is 0 Å². The molecule has 172 valence electrons. The molecule has 7 nitrogen and oxygen atoms in total. The van der Waals surface area contributed by atoms with Crippen molar-refractivity contribution in [2.75, 3.05) is 67.3 Å². The molecule has 1 saturated heterocycles. The summed E-state index contributed by atoms with van der Waals surface area (Å²) in [6, 6.07) is 8.70. The number of benzene rings is 1. The molecule has 0 spiro atoms. The van der Waals surface area contributed by atoms with E-state index in [1.54, 1.807) is 14.2 Å². The highest BCUT2D eigenvalue weighted by atomic mass is 127. The number of nitrogens with zero attached hydrogens (tertiary/aromatic N) is 2. The molecule has 0 aromatic heterocycles. The van der Waals surface area contributed by atoms with Gasteiger partial charge < -0.3 is 24.8 Å². The summed E-state index contributed by atoms with van der Waals surface area (Å²) in [5.74, 6) is 1.75. The van der Waals surface area contributed by atoms with Crippen molar-refractivity contribution >= 4 is 29.9 Å². The lowest BCUT2D eigenvalue weighted by atomic mass is 10.1. The van der Waals surface area contributed by atoms with E-state index in [0.717, 1.165) is 57.3 Å². The number of ether oxygens (including phenoxy) is 3. The average molecular weight is 534 g/mol. The summed E-state index contributed by atoms with van der Waals surface area (Å²) >= 11 is 0. The molecule has 0 radical (unpaired) electrons. The summed E-state index contributed by atoms with van der Waals surface area (Å²) in [4.78, 5) is 6.92. The van der Waals surface area contributed by atoms with E-state index in [9.17, 15) is 0 Å². The quantitative estimate of drug-likeness (QED) is 0.176. The van der Waals surface area contributed by atoms with Gasteiger partial charge in [-0.05, 0) is 56.5 Å². The van der Waals surface area contributed by atoms with Crippen molar-refractivity contribution in [2.45, 2.75) is 31.7 Å². The molecule has 1 aromatic carbocycles. The second kappa shape index (κ2) is 16.6. The van der Waals surface area contributed by atoms with Crippen molar-refractivity contribution in [2.24, 2.45) is 4.99 Å². The normalized spacial score (nSPS) is 15.5. The molecule has 8 heteroatoms. The number of aliphatic imine (C=N–C) groups is 1. The van der Waals surface area contributed by atoms with Crippen LogP contribution in [0.15, 0.2) is 29.3 Å². The van der Waals surface area contributed by atoms with Gasteiger partial charge in [0.2, 0.25) is 0 Å². The van der Waals surface area contributed by atoms with Crippen LogP contribution in [0, 0.1) is 0 Å². The molecule has 0 bridgehead atoms. The van der Waals surface area contributed by atoms with Crippen LogP contribution in [-0.4, -0.2) is 78.1 Å². The van der Waals surface area contributed by atoms with Crippen molar-refractivity contribution in [1.29, 1.82) is 0 Å². The molecule has 0 amide bonds. The minimum Gasteiger partial charge on any atom is -0.497 e. The standard InChI is InChI=1S/C22H38N4O3.HI/c1-23-22(24-11-4-7-14-29-16-15-27-2)25-18-21(26-12-5-6-13-26)19-9-8-10-20(17-19)28-3;/h8-10,17,21H,4-7,11-16,18H2,1-3H3,(H2,23,24,25);1H. The number of halogens is 1. The highest BCUT2D eigenvalue weighted by molar-refractivity contribution is 14.0. The molecule has 0 saturated carbocycles. The third-order valence-electron chi connectivity index (χ3n) is 5.19. The van der Waals surface area contributed by atoms with Crippen LogP contribution in [0.1, 0.15) is 37.3 Å². The second-order valence-electron chi connectivity index (χ2n) is 7.23. The Hall–Kier alpha value is -1.10. The van der Waals surface area contributed by atoms with E-state index in [-0.39, 0.29) is 24.0 Å². The Morgan fingerprint density at radius 3 is 2.60 bits per heavy atom. The summed E-state index contributed by atoms with van der Waals surface area (Å²) in [6.45, 7) is 6.05. The van der Waals surface area contributed by atoms with Crippen LogP contribution in [0.5, 0.6) is 5.75 Å². The molecule has 2 N–H and O–H groups in total. The topological polar surface area (TPSA) is 67.4 Å². The molecule has 1 aliphatic rings. The first-order chi connectivity index (χ1) is 14.3. The van der Waals surface area contributed by atoms with Gasteiger partial charge in [0.25, 0.3) is 0 Å². The van der Waals surface area contributed by atoms with Crippen molar-refractivity contribution in [3.63, 3.8) is 0 Å². The van der Waals surface area contributed by atoms with Crippen LogP contribution in [0.2, 0.25) is 0 Å². The predicted octanol–water partition coefficient (Wildman–Crippen LogP) is 3.06. The molecule has 1 aliphatic heterocycles. The Balaban J connectivity index is 0.00000450. The van der Waals surface area contributed by atoms with E-state index in [1.165, 1.54) is 18.4 Å². The number of likely N-dealkylation sites (tertiary alicyclic amines) is 1. The van der Waals surface area contributed by atoms with E-state index >= 15 is 0 Å². The maximum Gasteiger partial charge on any atom is 0.191 e. The number of hydrogen-bond acceptors (Lipinski definition) is 5. The molecular weight excluding hydrogens is 495 g/mol. The first-order valence-corrected chi connectivity index (χ1v) is 10.7. The fraction of sp³-hybridized carbons (Fsp3) is 0.682. The van der Waals surface area contributed by atoms with Gasteiger partial charge in [0.1, 0.15) is 5.75 Å². The van der Waals surface area contributed by atoms with Gasteiger partial charge >= 0.3 is 0 Å². The van der Waals surface area contributed by atoms with Gasteiger partial charge in [-0.1, -0.05) is 12.1 Å². The molecule has 30 heavy (non-hydrogen) atoms. The minimum atomic E-state index is 0. The monoisotopic (exact) mass is 534 g/mol. The van der Waals surface area contributed by atoms with Gasteiger partial charge in [-0.3, -0.25) is 9.89 Å². The zero-order chi connectivity index (χ0) is 20.7. The lowest BCUT2D eigenvalue weighted by Crippen LogP contribution is -2.43. The zero-order valence-corrected chi connectivity index (χ0v) is 21.0. The van der Waals surface area contributed by atoms with E-state index in [4.69, 9.17) is 14.2 Å². The number of nitrogens with one attached hydrogen (secondary N) is 2. The smallest absolute Gasteiger partial charge is 0.191 e. The highest BCUT2D eigenvalue weighted by Gasteiger charge is 2.24. The van der Waals surface area contributed by atoms with Crippen molar-refractivity contribution in [1.82, 2.24) is 15.5 Å². The fourth-order valence-electron chi connectivity index (χ4n) is 3.55. The summed E-state index contributed by atoms with van der Waals surface area (Å²) in [6.07, 6.45) is 4.59. The molecule has 1 heterocycles. The Kier molecular flexibility index (Phi) is 14.9. The largest absolute Gasteiger partial charge is 0.497 e. The Morgan fingerprint density at radius 2 is 1.90 bits per heavy atom. The van der Waals surface area contributed by atoms with Gasteiger partial charge in [0, 0.05) is 33.9 Å². The maximum atomic E-state index is 5.50. The van der Waals surface area contributed by atoms with Gasteiger partial charge in [-0.15, -0.1) is 24.0 Å². The summed E-state index contributed by atoms with van der Waals surface area (Å²) in [5.41, 5.74) is 1.28. The number of rotatable bonds is 13. The zero-order valence-electron chi connectivity index (χ0n) is 18.7. The molecule has 0 aliphatic carbocycles. The van der Waals surface area contributed by atoms with Crippen LogP contribution >= 0.6 is 24.0 Å². The second-order valence-corrected chi connectivity index (χ2v) is 7.23. The maximum absolute atomic E-state index is 5.50. The minimum absolute atomic E-state index is 0. The Labute approximate surface area is 199 Å². The summed E-state index contributed by atoms with van der Waals surface area (Å²) in [7, 11) is 5.23. The molecular formula is C22H39IN4O3. The third kappa shape index (κ3) is 9.80.